The summed E-state index contributed by atoms with van der Waals surface area (Å²) in [5.74, 6) is -1.89. The minimum absolute atomic E-state index is 0.0197. The van der Waals surface area contributed by atoms with E-state index >= 15 is 0 Å². The van der Waals surface area contributed by atoms with E-state index in [0.717, 1.165) is 23.5 Å². The number of carbonyl (C=O) groups is 1. The number of carboxylic acid groups (broad SMARTS) is 1. The van der Waals surface area contributed by atoms with Crippen LogP contribution in [0, 0.1) is 5.82 Å². The lowest BCUT2D eigenvalue weighted by Crippen LogP contribution is -2.12. The molecule has 118 valence electrons. The molecule has 0 bridgehead atoms. The molecule has 9 heteroatoms. The summed E-state index contributed by atoms with van der Waals surface area (Å²) in [5.41, 5.74) is -0.102. The van der Waals surface area contributed by atoms with Crippen LogP contribution in [0.2, 0.25) is 0 Å². The highest BCUT2D eigenvalue weighted by Gasteiger charge is 2.19. The van der Waals surface area contributed by atoms with Crippen molar-refractivity contribution in [3.8, 4) is 5.75 Å². The molecule has 1 aromatic heterocycles. The van der Waals surface area contributed by atoms with Crippen LogP contribution in [0.5, 0.6) is 5.75 Å². The van der Waals surface area contributed by atoms with Crippen molar-refractivity contribution < 1.29 is 27.4 Å². The number of benzene rings is 1. The maximum atomic E-state index is 13.7. The number of ether oxygens (including phenoxy) is 1. The summed E-state index contributed by atoms with van der Waals surface area (Å²) in [6, 6.07) is 4.71. The average Bonchev–Trinajstić information content (AvgIpc) is 2.92. The van der Waals surface area contributed by atoms with Gasteiger partial charge in [-0.2, -0.15) is 0 Å². The third-order valence-electron chi connectivity index (χ3n) is 2.57. The van der Waals surface area contributed by atoms with Gasteiger partial charge in [-0.05, 0) is 25.1 Å². The van der Waals surface area contributed by atoms with E-state index in [4.69, 9.17) is 9.84 Å². The first-order chi connectivity index (χ1) is 10.3. The number of halogens is 1. The van der Waals surface area contributed by atoms with Crippen molar-refractivity contribution in [2.24, 2.45) is 0 Å². The van der Waals surface area contributed by atoms with Crippen LogP contribution in [0.3, 0.4) is 0 Å². The predicted molar refractivity (Wildman–Crippen MR) is 79.7 cm³/mol. The molecule has 0 aliphatic heterocycles. The van der Waals surface area contributed by atoms with Crippen molar-refractivity contribution in [1.82, 2.24) is 0 Å². The van der Waals surface area contributed by atoms with Crippen LogP contribution in [-0.4, -0.2) is 26.1 Å². The maximum absolute atomic E-state index is 13.7. The number of carboxylic acids is 1. The number of nitrogens with one attached hydrogen (secondary N) is 1. The van der Waals surface area contributed by atoms with Gasteiger partial charge in [0.1, 0.15) is 4.21 Å². The first-order valence-corrected chi connectivity index (χ1v) is 8.46. The van der Waals surface area contributed by atoms with E-state index in [1.807, 2.05) is 0 Å². The molecule has 0 aliphatic carbocycles. The molecule has 1 aromatic carbocycles. The minimum Gasteiger partial charge on any atom is -0.491 e. The third-order valence-corrected chi connectivity index (χ3v) is 5.39. The highest BCUT2D eigenvalue weighted by molar-refractivity contribution is 7.94. The van der Waals surface area contributed by atoms with Gasteiger partial charge in [0.25, 0.3) is 10.0 Å². The van der Waals surface area contributed by atoms with Gasteiger partial charge in [-0.25, -0.2) is 17.6 Å². The van der Waals surface area contributed by atoms with Crippen molar-refractivity contribution >= 4 is 33.0 Å². The second-order valence-corrected chi connectivity index (χ2v) is 6.96. The summed E-state index contributed by atoms with van der Waals surface area (Å²) in [7, 11) is -3.97. The zero-order valence-electron chi connectivity index (χ0n) is 11.4. The molecule has 0 amide bonds. The zero-order chi connectivity index (χ0) is 16.3. The zero-order valence-corrected chi connectivity index (χ0v) is 13.0. The van der Waals surface area contributed by atoms with Crippen LogP contribution in [0.15, 0.2) is 33.9 Å². The van der Waals surface area contributed by atoms with Gasteiger partial charge < -0.3 is 9.84 Å². The first-order valence-electron chi connectivity index (χ1n) is 6.10. The number of sulfonamides is 1. The van der Waals surface area contributed by atoms with Gasteiger partial charge in [0.2, 0.25) is 0 Å². The second kappa shape index (κ2) is 6.32. The van der Waals surface area contributed by atoms with Gasteiger partial charge in [0, 0.05) is 11.4 Å². The number of thiophene rings is 1. The lowest BCUT2D eigenvalue weighted by atomic mass is 10.3. The highest BCUT2D eigenvalue weighted by Crippen LogP contribution is 2.26. The fraction of sp³-hybridized carbons (Fsp3) is 0.154. The fourth-order valence-electron chi connectivity index (χ4n) is 1.61. The van der Waals surface area contributed by atoms with E-state index in [1.54, 1.807) is 6.92 Å². The second-order valence-electron chi connectivity index (χ2n) is 4.14. The van der Waals surface area contributed by atoms with Crippen LogP contribution in [-0.2, 0) is 10.0 Å². The summed E-state index contributed by atoms with van der Waals surface area (Å²) in [6.45, 7) is 1.99. The molecule has 0 aliphatic rings. The largest absolute Gasteiger partial charge is 0.491 e. The maximum Gasteiger partial charge on any atom is 0.336 e. The van der Waals surface area contributed by atoms with Crippen molar-refractivity contribution in [1.29, 1.82) is 0 Å². The average molecular weight is 345 g/mol. The molecule has 0 saturated heterocycles. The van der Waals surface area contributed by atoms with Crippen molar-refractivity contribution in [2.45, 2.75) is 11.1 Å². The molecule has 2 rings (SSSR count). The topological polar surface area (TPSA) is 92.7 Å². The van der Waals surface area contributed by atoms with Crippen molar-refractivity contribution in [3.63, 3.8) is 0 Å². The summed E-state index contributed by atoms with van der Waals surface area (Å²) >= 11 is 0.770. The molecule has 0 spiro atoms. The van der Waals surface area contributed by atoms with Gasteiger partial charge in [-0.1, -0.05) is 0 Å². The molecule has 1 heterocycles. The van der Waals surface area contributed by atoms with Gasteiger partial charge in [0.15, 0.2) is 11.6 Å². The van der Waals surface area contributed by atoms with E-state index in [2.05, 4.69) is 4.72 Å². The van der Waals surface area contributed by atoms with Gasteiger partial charge in [-0.15, -0.1) is 11.3 Å². The number of hydrogen-bond acceptors (Lipinski definition) is 5. The number of hydrogen-bond donors (Lipinski definition) is 2. The van der Waals surface area contributed by atoms with Crippen LogP contribution >= 0.6 is 11.3 Å². The summed E-state index contributed by atoms with van der Waals surface area (Å²) in [5, 5.41) is 10.0. The summed E-state index contributed by atoms with van der Waals surface area (Å²) < 4.78 is 45.0. The third kappa shape index (κ3) is 3.55. The Balaban J connectivity index is 2.24. The molecule has 0 saturated carbocycles. The SMILES string of the molecule is CCOc1ccc(NS(=O)(=O)c2cc(C(=O)O)cs2)cc1F. The lowest BCUT2D eigenvalue weighted by Gasteiger charge is -2.09. The summed E-state index contributed by atoms with van der Waals surface area (Å²) in [4.78, 5) is 10.8. The van der Waals surface area contributed by atoms with E-state index in [1.165, 1.54) is 17.5 Å². The van der Waals surface area contributed by atoms with Crippen LogP contribution in [0.25, 0.3) is 0 Å². The number of aromatic carboxylic acids is 1. The molecule has 0 unspecified atom stereocenters. The molecule has 0 atom stereocenters. The minimum atomic E-state index is -3.97. The van der Waals surface area contributed by atoms with Gasteiger partial charge in [-0.3, -0.25) is 4.72 Å². The Kier molecular flexibility index (Phi) is 4.67. The number of rotatable bonds is 6. The van der Waals surface area contributed by atoms with E-state index in [0.29, 0.717) is 0 Å². The molecular weight excluding hydrogens is 333 g/mol. The molecule has 0 fully saturated rings. The Morgan fingerprint density at radius 1 is 1.41 bits per heavy atom. The quantitative estimate of drug-likeness (QED) is 0.840. The Bertz CT molecular complexity index is 801. The summed E-state index contributed by atoms with van der Waals surface area (Å²) in [6.07, 6.45) is 0. The first kappa shape index (κ1) is 16.2. The van der Waals surface area contributed by atoms with E-state index < -0.39 is 21.8 Å². The molecule has 2 N–H and O–H groups in total. The number of anilines is 1. The standard InChI is InChI=1S/C13H12FNO5S2/c1-2-20-11-4-3-9(6-10(11)14)15-22(18,19)12-5-8(7-21-12)13(16)17/h3-7,15H,2H2,1H3,(H,16,17). The van der Waals surface area contributed by atoms with Crippen LogP contribution < -0.4 is 9.46 Å². The van der Waals surface area contributed by atoms with Crippen molar-refractivity contribution in [2.75, 3.05) is 11.3 Å². The Morgan fingerprint density at radius 3 is 2.68 bits per heavy atom. The predicted octanol–water partition coefficient (Wildman–Crippen LogP) is 2.78. The Labute approximate surface area is 130 Å². The Morgan fingerprint density at radius 2 is 2.14 bits per heavy atom. The van der Waals surface area contributed by atoms with Crippen molar-refractivity contribution in [3.05, 3.63) is 41.0 Å². The van der Waals surface area contributed by atoms with Gasteiger partial charge in [0.05, 0.1) is 17.9 Å². The molecule has 6 nitrogen and oxygen atoms in total. The van der Waals surface area contributed by atoms with E-state index in [-0.39, 0.29) is 27.8 Å². The smallest absolute Gasteiger partial charge is 0.336 e. The fourth-order valence-corrected chi connectivity index (χ4v) is 3.81. The van der Waals surface area contributed by atoms with Crippen LogP contribution in [0.4, 0.5) is 10.1 Å². The van der Waals surface area contributed by atoms with Crippen LogP contribution in [0.1, 0.15) is 17.3 Å². The van der Waals surface area contributed by atoms with Gasteiger partial charge >= 0.3 is 5.97 Å². The molecule has 2 aromatic rings. The molecule has 22 heavy (non-hydrogen) atoms. The highest BCUT2D eigenvalue weighted by atomic mass is 32.2. The molecule has 0 radical (unpaired) electrons. The Hall–Kier alpha value is -2.13. The normalized spacial score (nSPS) is 11.2. The molecular formula is C13H12FNO5S2. The monoisotopic (exact) mass is 345 g/mol. The van der Waals surface area contributed by atoms with E-state index in [9.17, 15) is 17.6 Å². The lowest BCUT2D eigenvalue weighted by molar-refractivity contribution is 0.0697.